The lowest BCUT2D eigenvalue weighted by atomic mass is 9.39. The smallest absolute Gasteiger partial charge is 0.198 e. The number of hydrogen-bond donors (Lipinski definition) is 4. The standard InChI is InChI=1S/C14H16BN.C8H16.C5H13N3.C2H6/c1-10(2)12-5-3-4-11-8-14-15(6-7-16-14)9-13(11)12;1-2-8-6-4-3-5-7-8;1-4(8-2)5(7)3-6;1-2/h3-7,14,16H,1,8-9H2,2H3;8H,2-7H2,1H3;5,8H,1,3,6-7H2,2H3;1-2H3. The van der Waals surface area contributed by atoms with E-state index in [0.717, 1.165) is 24.4 Å². The normalized spacial score (nSPS) is 18.8. The topological polar surface area (TPSA) is 76.1 Å². The summed E-state index contributed by atoms with van der Waals surface area (Å²) in [6.45, 7) is 17.2. The van der Waals surface area contributed by atoms with Crippen LogP contribution < -0.4 is 22.1 Å². The number of likely N-dealkylation sites (N-methyl/N-ethyl adjacent to an activating group) is 1. The molecule has 4 nitrogen and oxygen atoms in total. The summed E-state index contributed by atoms with van der Waals surface area (Å²) in [6, 6.07) is 6.51. The molecule has 34 heavy (non-hydrogen) atoms. The van der Waals surface area contributed by atoms with E-state index in [1.807, 2.05) is 13.8 Å². The summed E-state index contributed by atoms with van der Waals surface area (Å²) >= 11 is 0. The van der Waals surface area contributed by atoms with E-state index in [2.05, 4.69) is 68.0 Å². The maximum absolute atomic E-state index is 5.44. The Labute approximate surface area is 210 Å². The summed E-state index contributed by atoms with van der Waals surface area (Å²) < 4.78 is 0. The highest BCUT2D eigenvalue weighted by molar-refractivity contribution is 6.66. The van der Waals surface area contributed by atoms with Crippen LogP contribution in [-0.2, 0) is 12.7 Å². The minimum Gasteiger partial charge on any atom is -0.396 e. The van der Waals surface area contributed by atoms with Crippen LogP contribution in [0.25, 0.3) is 5.57 Å². The third-order valence-corrected chi connectivity index (χ3v) is 7.11. The van der Waals surface area contributed by atoms with Crippen molar-refractivity contribution in [1.29, 1.82) is 0 Å². The monoisotopic (exact) mass is 466 g/mol. The Bertz CT molecular complexity index is 767. The second-order valence-electron chi connectivity index (χ2n) is 9.46. The van der Waals surface area contributed by atoms with Gasteiger partial charge in [-0.3, -0.25) is 0 Å². The van der Waals surface area contributed by atoms with Gasteiger partial charge in [-0.2, -0.15) is 0 Å². The molecule has 0 spiro atoms. The van der Waals surface area contributed by atoms with Gasteiger partial charge >= 0.3 is 0 Å². The van der Waals surface area contributed by atoms with Crippen LogP contribution in [-0.4, -0.2) is 32.3 Å². The molecular weight excluding hydrogens is 415 g/mol. The molecule has 2 aliphatic heterocycles. The van der Waals surface area contributed by atoms with Crippen molar-refractivity contribution >= 4 is 12.3 Å². The van der Waals surface area contributed by atoms with Gasteiger partial charge in [0.15, 0.2) is 6.71 Å². The second kappa shape index (κ2) is 16.6. The molecule has 2 atom stereocenters. The van der Waals surface area contributed by atoms with Crippen molar-refractivity contribution < 1.29 is 0 Å². The molecule has 190 valence electrons. The van der Waals surface area contributed by atoms with Gasteiger partial charge in [0.1, 0.15) is 0 Å². The lowest BCUT2D eigenvalue weighted by Gasteiger charge is -2.27. The molecule has 1 aromatic carbocycles. The molecule has 6 N–H and O–H groups in total. The van der Waals surface area contributed by atoms with Gasteiger partial charge < -0.3 is 22.1 Å². The van der Waals surface area contributed by atoms with Crippen molar-refractivity contribution in [2.45, 2.75) is 90.9 Å². The van der Waals surface area contributed by atoms with Gasteiger partial charge in [-0.05, 0) is 48.5 Å². The fourth-order valence-corrected chi connectivity index (χ4v) is 4.84. The average molecular weight is 467 g/mol. The van der Waals surface area contributed by atoms with Gasteiger partial charge in [0.25, 0.3) is 0 Å². The van der Waals surface area contributed by atoms with Crippen molar-refractivity contribution in [3.8, 4) is 0 Å². The number of nitrogens with two attached hydrogens (primary N) is 2. The second-order valence-corrected chi connectivity index (χ2v) is 9.46. The first-order valence-electron chi connectivity index (χ1n) is 13.4. The summed E-state index contributed by atoms with van der Waals surface area (Å²) in [4.78, 5) is 0. The lowest BCUT2D eigenvalue weighted by molar-refractivity contribution is 0.349. The predicted molar refractivity (Wildman–Crippen MR) is 154 cm³/mol. The molecule has 0 bridgehead atoms. The van der Waals surface area contributed by atoms with Crippen LogP contribution in [0.15, 0.2) is 49.2 Å². The highest BCUT2D eigenvalue weighted by Crippen LogP contribution is 2.29. The van der Waals surface area contributed by atoms with E-state index in [4.69, 9.17) is 11.5 Å². The number of benzene rings is 1. The molecule has 0 aromatic heterocycles. The Morgan fingerprint density at radius 3 is 2.38 bits per heavy atom. The third kappa shape index (κ3) is 9.35. The average Bonchev–Trinajstić information content (AvgIpc) is 3.35. The van der Waals surface area contributed by atoms with Crippen LogP contribution in [0.2, 0.25) is 0 Å². The van der Waals surface area contributed by atoms with Crippen LogP contribution in [0.4, 0.5) is 0 Å². The quantitative estimate of drug-likeness (QED) is 0.437. The zero-order chi connectivity index (χ0) is 25.5. The molecule has 3 aliphatic rings. The minimum absolute atomic E-state index is 0.111. The Morgan fingerprint density at radius 2 is 1.88 bits per heavy atom. The number of hydrogen-bond acceptors (Lipinski definition) is 4. The highest BCUT2D eigenvalue weighted by Gasteiger charge is 2.32. The SMILES string of the molecule is C=C(C)c1cccc2c1CB1C=CNC1C2.C=C(NC)C(N)CN.CC.CCC1CCCCC1. The fourth-order valence-electron chi connectivity index (χ4n) is 4.84. The van der Waals surface area contributed by atoms with Crippen LogP contribution in [0.5, 0.6) is 0 Å². The lowest BCUT2D eigenvalue weighted by Crippen LogP contribution is -2.42. The summed E-state index contributed by atoms with van der Waals surface area (Å²) in [6.07, 6.45) is 13.4. The molecule has 0 radical (unpaired) electrons. The van der Waals surface area contributed by atoms with Gasteiger partial charge in [-0.25, -0.2) is 0 Å². The highest BCUT2D eigenvalue weighted by atomic mass is 14.9. The molecule has 1 saturated carbocycles. The van der Waals surface area contributed by atoms with Crippen molar-refractivity contribution in [2.24, 2.45) is 17.4 Å². The van der Waals surface area contributed by atoms with Gasteiger partial charge in [-0.15, -0.1) is 0 Å². The number of rotatable bonds is 5. The Balaban J connectivity index is 0.000000273. The van der Waals surface area contributed by atoms with Gasteiger partial charge in [0.2, 0.25) is 0 Å². The van der Waals surface area contributed by atoms with Crippen molar-refractivity contribution in [2.75, 3.05) is 13.6 Å². The number of allylic oxidation sites excluding steroid dienone is 1. The van der Waals surface area contributed by atoms with Crippen LogP contribution in [0.3, 0.4) is 0 Å². The maximum Gasteiger partial charge on any atom is 0.198 e. The molecule has 1 aromatic rings. The largest absolute Gasteiger partial charge is 0.396 e. The molecule has 0 saturated heterocycles. The molecular formula is C29H51BN4. The van der Waals surface area contributed by atoms with Crippen molar-refractivity contribution in [3.05, 3.63) is 65.9 Å². The Hall–Kier alpha value is -1.98. The van der Waals surface area contributed by atoms with Gasteiger partial charge in [0.05, 0.1) is 6.04 Å². The number of nitrogens with one attached hydrogen (secondary N) is 2. The van der Waals surface area contributed by atoms with Crippen molar-refractivity contribution in [3.63, 3.8) is 0 Å². The summed E-state index contributed by atoms with van der Waals surface area (Å²) in [5.41, 5.74) is 17.0. The minimum atomic E-state index is -0.111. The van der Waals surface area contributed by atoms with Crippen LogP contribution in [0, 0.1) is 5.92 Å². The molecule has 2 heterocycles. The van der Waals surface area contributed by atoms with E-state index in [0.29, 0.717) is 19.2 Å². The maximum atomic E-state index is 5.44. The molecule has 5 heteroatoms. The summed E-state index contributed by atoms with van der Waals surface area (Å²) in [5.74, 6) is 4.01. The molecule has 1 fully saturated rings. The zero-order valence-electron chi connectivity index (χ0n) is 22.6. The van der Waals surface area contributed by atoms with Crippen LogP contribution >= 0.6 is 0 Å². The first-order valence-corrected chi connectivity index (χ1v) is 13.4. The first kappa shape index (κ1) is 30.1. The van der Waals surface area contributed by atoms with E-state index in [9.17, 15) is 0 Å². The molecule has 4 rings (SSSR count). The van der Waals surface area contributed by atoms with E-state index in [-0.39, 0.29) is 6.04 Å². The van der Waals surface area contributed by atoms with Crippen molar-refractivity contribution in [1.82, 2.24) is 10.6 Å². The Morgan fingerprint density at radius 1 is 1.21 bits per heavy atom. The van der Waals surface area contributed by atoms with E-state index in [1.54, 1.807) is 7.05 Å². The van der Waals surface area contributed by atoms with Gasteiger partial charge in [-0.1, -0.05) is 102 Å². The van der Waals surface area contributed by atoms with E-state index < -0.39 is 0 Å². The third-order valence-electron chi connectivity index (χ3n) is 7.11. The predicted octanol–water partition coefficient (Wildman–Crippen LogP) is 5.42. The molecule has 0 amide bonds. The van der Waals surface area contributed by atoms with E-state index in [1.165, 1.54) is 60.8 Å². The molecule has 1 aliphatic carbocycles. The first-order chi connectivity index (χ1) is 16.4. The van der Waals surface area contributed by atoms with E-state index >= 15 is 0 Å². The summed E-state index contributed by atoms with van der Waals surface area (Å²) in [5, 5.41) is 6.26. The summed E-state index contributed by atoms with van der Waals surface area (Å²) in [7, 11) is 1.78. The zero-order valence-corrected chi connectivity index (χ0v) is 22.6. The van der Waals surface area contributed by atoms with Gasteiger partial charge in [0, 0.05) is 25.2 Å². The van der Waals surface area contributed by atoms with Crippen LogP contribution in [0.1, 0.15) is 82.9 Å². The molecule has 2 unspecified atom stereocenters. The number of fused-ring (bicyclic) bond motifs is 2. The Kier molecular flexibility index (Phi) is 14.7. The fraction of sp³-hybridized carbons (Fsp3) is 0.586.